The molecule has 0 bridgehead atoms. The predicted octanol–water partition coefficient (Wildman–Crippen LogP) is 3.11. The summed E-state index contributed by atoms with van der Waals surface area (Å²) in [6.45, 7) is 1.80. The van der Waals surface area contributed by atoms with Crippen molar-refractivity contribution in [3.8, 4) is 6.07 Å². The minimum atomic E-state index is -0.584. The predicted molar refractivity (Wildman–Crippen MR) is 102 cm³/mol. The van der Waals surface area contributed by atoms with Gasteiger partial charge in [0, 0.05) is 34.8 Å². The van der Waals surface area contributed by atoms with Gasteiger partial charge in [0.1, 0.15) is 6.61 Å². The number of carbonyl (C=O) groups is 2. The van der Waals surface area contributed by atoms with Gasteiger partial charge in [-0.15, -0.1) is 0 Å². The zero-order valence-electron chi connectivity index (χ0n) is 15.2. The zero-order valence-corrected chi connectivity index (χ0v) is 15.2. The number of nitrogens with one attached hydrogen (secondary N) is 1. The van der Waals surface area contributed by atoms with Crippen LogP contribution in [-0.4, -0.2) is 23.3 Å². The second kappa shape index (κ2) is 7.12. The molecule has 6 nitrogen and oxygen atoms in total. The van der Waals surface area contributed by atoms with Crippen LogP contribution in [0.3, 0.4) is 0 Å². The van der Waals surface area contributed by atoms with Crippen molar-refractivity contribution in [2.45, 2.75) is 19.3 Å². The Bertz CT molecular complexity index is 1080. The Balaban J connectivity index is 1.84. The van der Waals surface area contributed by atoms with Crippen LogP contribution in [0, 0.1) is 11.3 Å². The number of allylic oxidation sites excluding steroid dienone is 2. The van der Waals surface area contributed by atoms with Crippen molar-refractivity contribution >= 4 is 17.4 Å². The number of Topliss-reactive ketones (excluding diaryl/α,β-unsaturated/α-hetero) is 1. The Morgan fingerprint density at radius 2 is 2.04 bits per heavy atom. The van der Waals surface area contributed by atoms with Crippen molar-refractivity contribution in [1.29, 1.82) is 5.26 Å². The maximum atomic E-state index is 13.2. The molecule has 28 heavy (non-hydrogen) atoms. The fourth-order valence-corrected chi connectivity index (χ4v) is 3.75. The number of esters is 1. The van der Waals surface area contributed by atoms with Gasteiger partial charge in [-0.1, -0.05) is 30.3 Å². The van der Waals surface area contributed by atoms with Crippen LogP contribution in [0.1, 0.15) is 40.7 Å². The molecule has 0 saturated heterocycles. The van der Waals surface area contributed by atoms with Crippen LogP contribution in [0.25, 0.3) is 5.70 Å². The van der Waals surface area contributed by atoms with E-state index in [0.717, 1.165) is 16.8 Å². The van der Waals surface area contributed by atoms with Crippen molar-refractivity contribution < 1.29 is 14.3 Å². The van der Waals surface area contributed by atoms with Gasteiger partial charge < -0.3 is 10.1 Å². The molecule has 2 heterocycles. The number of fused-ring (bicyclic) bond motifs is 2. The van der Waals surface area contributed by atoms with Crippen molar-refractivity contribution in [2.75, 3.05) is 6.61 Å². The molecule has 138 valence electrons. The van der Waals surface area contributed by atoms with Crippen molar-refractivity contribution in [2.24, 2.45) is 0 Å². The number of ether oxygens (including phenoxy) is 1. The van der Waals surface area contributed by atoms with Gasteiger partial charge >= 0.3 is 5.97 Å². The smallest absolute Gasteiger partial charge is 0.336 e. The summed E-state index contributed by atoms with van der Waals surface area (Å²) in [5.74, 6) is -1.23. The number of dihydropyridines is 1. The van der Waals surface area contributed by atoms with Gasteiger partial charge in [0.25, 0.3) is 0 Å². The van der Waals surface area contributed by atoms with E-state index in [-0.39, 0.29) is 18.8 Å². The first kappa shape index (κ1) is 17.7. The van der Waals surface area contributed by atoms with Crippen LogP contribution >= 0.6 is 0 Å². The molecule has 1 aromatic carbocycles. The van der Waals surface area contributed by atoms with Gasteiger partial charge in [-0.3, -0.25) is 9.78 Å². The molecule has 2 aromatic rings. The van der Waals surface area contributed by atoms with E-state index in [9.17, 15) is 9.59 Å². The number of benzene rings is 1. The normalized spacial score (nSPS) is 17.6. The Morgan fingerprint density at radius 1 is 1.25 bits per heavy atom. The molecule has 6 heteroatoms. The molecule has 2 aliphatic rings. The molecule has 1 aliphatic carbocycles. The third kappa shape index (κ3) is 2.78. The summed E-state index contributed by atoms with van der Waals surface area (Å²) in [6.07, 6.45) is 3.42. The van der Waals surface area contributed by atoms with E-state index in [4.69, 9.17) is 10.00 Å². The summed E-state index contributed by atoms with van der Waals surface area (Å²) < 4.78 is 5.29. The lowest BCUT2D eigenvalue weighted by Gasteiger charge is -2.29. The summed E-state index contributed by atoms with van der Waals surface area (Å²) in [5.41, 5.74) is 4.41. The molecular formula is C22H17N3O3. The second-order valence-corrected chi connectivity index (χ2v) is 6.59. The van der Waals surface area contributed by atoms with Crippen molar-refractivity contribution in [1.82, 2.24) is 10.3 Å². The number of aromatic nitrogens is 1. The van der Waals surface area contributed by atoms with Crippen LogP contribution in [0.4, 0.5) is 0 Å². The van der Waals surface area contributed by atoms with E-state index in [1.807, 2.05) is 30.3 Å². The topological polar surface area (TPSA) is 92.1 Å². The Labute approximate surface area is 162 Å². The molecule has 1 atom stereocenters. The summed E-state index contributed by atoms with van der Waals surface area (Å²) >= 11 is 0. The van der Waals surface area contributed by atoms with Crippen LogP contribution in [-0.2, 0) is 9.53 Å². The minimum absolute atomic E-state index is 0.00590. The standard InChI is InChI=1S/C22H17N3O3/c1-13-17(22(27)28-11-5-9-23)18(14-6-4-10-24-12-14)19-20(25-13)15-7-2-3-8-16(15)21(19)26/h2-4,6-8,10,12,18,25H,5,11H2,1H3. The highest BCUT2D eigenvalue weighted by molar-refractivity contribution is 6.23. The zero-order chi connectivity index (χ0) is 19.7. The maximum absolute atomic E-state index is 13.2. The molecule has 4 rings (SSSR count). The van der Waals surface area contributed by atoms with Crippen molar-refractivity contribution in [3.63, 3.8) is 0 Å². The van der Waals surface area contributed by atoms with E-state index in [2.05, 4.69) is 10.3 Å². The van der Waals surface area contributed by atoms with Crippen molar-refractivity contribution in [3.05, 3.63) is 82.3 Å². The van der Waals surface area contributed by atoms with Crippen LogP contribution < -0.4 is 5.32 Å². The lowest BCUT2D eigenvalue weighted by Crippen LogP contribution is -2.29. The number of ketones is 1. The van der Waals surface area contributed by atoms with Crippen LogP contribution in [0.15, 0.2) is 65.6 Å². The van der Waals surface area contributed by atoms with Crippen LogP contribution in [0.2, 0.25) is 0 Å². The average Bonchev–Trinajstić information content (AvgIpc) is 3.00. The van der Waals surface area contributed by atoms with Gasteiger partial charge in [-0.05, 0) is 18.6 Å². The fourth-order valence-electron chi connectivity index (χ4n) is 3.75. The quantitative estimate of drug-likeness (QED) is 0.656. The van der Waals surface area contributed by atoms with E-state index < -0.39 is 11.9 Å². The van der Waals surface area contributed by atoms with Gasteiger partial charge in [0.2, 0.25) is 0 Å². The fraction of sp³-hybridized carbons (Fsp3) is 0.182. The summed E-state index contributed by atoms with van der Waals surface area (Å²) in [4.78, 5) is 30.2. The molecule has 1 unspecified atom stereocenters. The van der Waals surface area contributed by atoms with Gasteiger partial charge in [0.05, 0.1) is 29.7 Å². The number of hydrogen-bond acceptors (Lipinski definition) is 6. The SMILES string of the molecule is CC1=C(C(=O)OCCC#N)C(c2cccnc2)C2=C(N1)c1ccccc1C2=O. The molecule has 0 fully saturated rings. The largest absolute Gasteiger partial charge is 0.461 e. The number of nitrogens with zero attached hydrogens (tertiary/aromatic N) is 2. The Kier molecular flexibility index (Phi) is 4.50. The monoisotopic (exact) mass is 371 g/mol. The van der Waals surface area contributed by atoms with E-state index in [1.165, 1.54) is 0 Å². The first-order valence-electron chi connectivity index (χ1n) is 8.93. The Morgan fingerprint density at radius 3 is 2.75 bits per heavy atom. The number of hydrogen-bond donors (Lipinski definition) is 1. The molecule has 1 aliphatic heterocycles. The lowest BCUT2D eigenvalue weighted by atomic mass is 9.80. The third-order valence-electron chi connectivity index (χ3n) is 4.93. The maximum Gasteiger partial charge on any atom is 0.336 e. The minimum Gasteiger partial charge on any atom is -0.461 e. The van der Waals surface area contributed by atoms with E-state index in [1.54, 1.807) is 31.5 Å². The molecule has 0 amide bonds. The Hall–Kier alpha value is -3.72. The molecule has 0 saturated carbocycles. The van der Waals surface area contributed by atoms with Gasteiger partial charge in [0.15, 0.2) is 5.78 Å². The van der Waals surface area contributed by atoms with Gasteiger partial charge in [-0.2, -0.15) is 5.26 Å². The second-order valence-electron chi connectivity index (χ2n) is 6.59. The van der Waals surface area contributed by atoms with E-state index in [0.29, 0.717) is 22.4 Å². The number of pyridine rings is 1. The molecule has 0 spiro atoms. The first-order chi connectivity index (χ1) is 13.6. The molecule has 1 N–H and O–H groups in total. The summed E-state index contributed by atoms with van der Waals surface area (Å²) in [5, 5.41) is 11.9. The molecule has 1 aromatic heterocycles. The van der Waals surface area contributed by atoms with Crippen LogP contribution in [0.5, 0.6) is 0 Å². The number of rotatable bonds is 4. The number of carbonyl (C=O) groups excluding carboxylic acids is 2. The number of nitriles is 1. The average molecular weight is 371 g/mol. The molecule has 0 radical (unpaired) electrons. The summed E-state index contributed by atoms with van der Waals surface area (Å²) in [7, 11) is 0. The third-order valence-corrected chi connectivity index (χ3v) is 4.93. The van der Waals surface area contributed by atoms with E-state index >= 15 is 0 Å². The highest BCUT2D eigenvalue weighted by Crippen LogP contribution is 2.46. The highest BCUT2D eigenvalue weighted by atomic mass is 16.5. The lowest BCUT2D eigenvalue weighted by molar-refractivity contribution is -0.139. The summed E-state index contributed by atoms with van der Waals surface area (Å²) in [6, 6.07) is 13.0. The molecular weight excluding hydrogens is 354 g/mol. The van der Waals surface area contributed by atoms with Gasteiger partial charge in [-0.25, -0.2) is 4.79 Å². The highest BCUT2D eigenvalue weighted by Gasteiger charge is 2.42. The first-order valence-corrected chi connectivity index (χ1v) is 8.93.